The van der Waals surface area contributed by atoms with Gasteiger partial charge in [-0.2, -0.15) is 0 Å². The summed E-state index contributed by atoms with van der Waals surface area (Å²) in [5.41, 5.74) is 9.66. The molecule has 1 heterocycles. The number of benzene rings is 1. The lowest BCUT2D eigenvalue weighted by atomic mass is 9.86. The molecule has 0 fully saturated rings. The van der Waals surface area contributed by atoms with E-state index in [-0.39, 0.29) is 10.8 Å². The normalized spacial score (nSPS) is 12.7. The van der Waals surface area contributed by atoms with Crippen molar-refractivity contribution in [3.8, 4) is 11.3 Å². The Bertz CT molecular complexity index is 635. The number of nitrogen functional groups attached to an aromatic ring is 1. The lowest BCUT2D eigenvalue weighted by Gasteiger charge is -2.19. The molecule has 2 rings (SSSR count). The number of anilines is 1. The van der Waals surface area contributed by atoms with Gasteiger partial charge in [-0.3, -0.25) is 0 Å². The van der Waals surface area contributed by atoms with Gasteiger partial charge < -0.3 is 10.3 Å². The number of hydrogen-bond acceptors (Lipinski definition) is 2. The van der Waals surface area contributed by atoms with Crippen molar-refractivity contribution in [2.45, 2.75) is 52.4 Å². The van der Waals surface area contributed by atoms with Crippen molar-refractivity contribution >= 4 is 5.82 Å². The molecule has 0 bridgehead atoms. The van der Waals surface area contributed by atoms with Crippen LogP contribution < -0.4 is 5.73 Å². The lowest BCUT2D eigenvalue weighted by molar-refractivity contribution is 0.524. The number of nitrogens with two attached hydrogens (primary N) is 1. The van der Waals surface area contributed by atoms with E-state index >= 15 is 0 Å². The van der Waals surface area contributed by atoms with Crippen LogP contribution in [0.1, 0.15) is 52.9 Å². The third-order valence-corrected chi connectivity index (χ3v) is 3.83. The van der Waals surface area contributed by atoms with Gasteiger partial charge in [-0.15, -0.1) is 0 Å². The molecule has 0 aliphatic rings. The summed E-state index contributed by atoms with van der Waals surface area (Å²) in [6, 6.07) is 8.57. The van der Waals surface area contributed by atoms with E-state index < -0.39 is 0 Å². The Kier molecular flexibility index (Phi) is 3.64. The van der Waals surface area contributed by atoms with Gasteiger partial charge in [0.2, 0.25) is 0 Å². The van der Waals surface area contributed by atoms with Crippen LogP contribution in [-0.2, 0) is 17.9 Å². The monoisotopic (exact) mass is 285 g/mol. The van der Waals surface area contributed by atoms with Crippen LogP contribution in [-0.4, -0.2) is 9.55 Å². The van der Waals surface area contributed by atoms with E-state index in [1.54, 1.807) is 0 Å². The van der Waals surface area contributed by atoms with Gasteiger partial charge in [0.05, 0.1) is 0 Å². The fraction of sp³-hybridized carbons (Fsp3) is 0.500. The van der Waals surface area contributed by atoms with Crippen LogP contribution in [0.4, 0.5) is 5.82 Å². The molecule has 0 aliphatic carbocycles. The molecule has 21 heavy (non-hydrogen) atoms. The second-order valence-electron chi connectivity index (χ2n) is 7.81. The van der Waals surface area contributed by atoms with Crippen LogP contribution in [0, 0.1) is 0 Å². The molecule has 2 N–H and O–H groups in total. The summed E-state index contributed by atoms with van der Waals surface area (Å²) < 4.78 is 1.99. The molecule has 0 unspecified atom stereocenters. The number of rotatable bonds is 1. The zero-order valence-electron chi connectivity index (χ0n) is 14.3. The molecule has 3 heteroatoms. The van der Waals surface area contributed by atoms with Gasteiger partial charge in [0, 0.05) is 18.0 Å². The summed E-state index contributed by atoms with van der Waals surface area (Å²) in [5, 5.41) is 0. The first-order chi connectivity index (χ1) is 9.51. The SMILES string of the molecule is Cn1c(C(C)(C)C)nc(-c2ccc(C(C)(C)C)cc2)c1N. The Labute approximate surface area is 128 Å². The molecule has 0 amide bonds. The molecule has 1 aromatic carbocycles. The van der Waals surface area contributed by atoms with Crippen molar-refractivity contribution in [1.29, 1.82) is 0 Å². The van der Waals surface area contributed by atoms with Crippen molar-refractivity contribution in [3.63, 3.8) is 0 Å². The summed E-state index contributed by atoms with van der Waals surface area (Å²) in [5.74, 6) is 1.73. The van der Waals surface area contributed by atoms with E-state index in [0.29, 0.717) is 0 Å². The smallest absolute Gasteiger partial charge is 0.131 e. The summed E-state index contributed by atoms with van der Waals surface area (Å²) in [4.78, 5) is 4.78. The first-order valence-corrected chi connectivity index (χ1v) is 7.45. The highest BCUT2D eigenvalue weighted by Crippen LogP contribution is 2.32. The highest BCUT2D eigenvalue weighted by atomic mass is 15.1. The summed E-state index contributed by atoms with van der Waals surface area (Å²) in [6.07, 6.45) is 0. The van der Waals surface area contributed by atoms with E-state index in [9.17, 15) is 0 Å². The molecular weight excluding hydrogens is 258 g/mol. The number of nitrogens with zero attached hydrogens (tertiary/aromatic N) is 2. The zero-order valence-corrected chi connectivity index (χ0v) is 14.3. The molecule has 3 nitrogen and oxygen atoms in total. The molecule has 0 saturated heterocycles. The van der Waals surface area contributed by atoms with E-state index in [1.165, 1.54) is 5.56 Å². The lowest BCUT2D eigenvalue weighted by Crippen LogP contribution is -2.17. The van der Waals surface area contributed by atoms with Crippen molar-refractivity contribution in [2.75, 3.05) is 5.73 Å². The van der Waals surface area contributed by atoms with Crippen LogP contribution in [0.2, 0.25) is 0 Å². The first kappa shape index (κ1) is 15.6. The minimum Gasteiger partial charge on any atom is -0.383 e. The van der Waals surface area contributed by atoms with Crippen molar-refractivity contribution in [1.82, 2.24) is 9.55 Å². The number of aromatic nitrogens is 2. The Hall–Kier alpha value is -1.77. The molecule has 1 aromatic heterocycles. The van der Waals surface area contributed by atoms with Crippen molar-refractivity contribution in [2.24, 2.45) is 7.05 Å². The number of imidazole rings is 1. The zero-order chi connectivity index (χ0) is 16.0. The van der Waals surface area contributed by atoms with Gasteiger partial charge in [-0.05, 0) is 11.0 Å². The Morgan fingerprint density at radius 3 is 1.81 bits per heavy atom. The van der Waals surface area contributed by atoms with Gasteiger partial charge in [-0.1, -0.05) is 65.8 Å². The molecule has 0 radical (unpaired) electrons. The minimum absolute atomic E-state index is 0.0214. The van der Waals surface area contributed by atoms with Crippen LogP contribution in [0.15, 0.2) is 24.3 Å². The van der Waals surface area contributed by atoms with Gasteiger partial charge >= 0.3 is 0 Å². The summed E-state index contributed by atoms with van der Waals surface area (Å²) >= 11 is 0. The predicted octanol–water partition coefficient (Wildman–Crippen LogP) is 4.26. The second kappa shape index (κ2) is 4.90. The fourth-order valence-electron chi connectivity index (χ4n) is 2.52. The fourth-order valence-corrected chi connectivity index (χ4v) is 2.52. The molecule has 0 aliphatic heterocycles. The average molecular weight is 285 g/mol. The van der Waals surface area contributed by atoms with Gasteiger partial charge in [0.15, 0.2) is 0 Å². The maximum Gasteiger partial charge on any atom is 0.131 e. The molecule has 2 aromatic rings. The van der Waals surface area contributed by atoms with Gasteiger partial charge in [0.1, 0.15) is 17.3 Å². The highest BCUT2D eigenvalue weighted by molar-refractivity contribution is 5.71. The maximum atomic E-state index is 6.26. The van der Waals surface area contributed by atoms with Crippen LogP contribution in [0.3, 0.4) is 0 Å². The highest BCUT2D eigenvalue weighted by Gasteiger charge is 2.24. The third-order valence-electron chi connectivity index (χ3n) is 3.83. The van der Waals surface area contributed by atoms with Gasteiger partial charge in [0.25, 0.3) is 0 Å². The van der Waals surface area contributed by atoms with Crippen LogP contribution >= 0.6 is 0 Å². The molecular formula is C18H27N3. The van der Waals surface area contributed by atoms with E-state index in [0.717, 1.165) is 22.9 Å². The maximum absolute atomic E-state index is 6.26. The van der Waals surface area contributed by atoms with Gasteiger partial charge in [-0.25, -0.2) is 4.98 Å². The topological polar surface area (TPSA) is 43.8 Å². The second-order valence-corrected chi connectivity index (χ2v) is 7.81. The predicted molar refractivity (Wildman–Crippen MR) is 90.5 cm³/mol. The number of hydrogen-bond donors (Lipinski definition) is 1. The molecule has 0 saturated carbocycles. The molecule has 114 valence electrons. The summed E-state index contributed by atoms with van der Waals surface area (Å²) in [7, 11) is 1.98. The summed E-state index contributed by atoms with van der Waals surface area (Å²) in [6.45, 7) is 13.1. The largest absolute Gasteiger partial charge is 0.383 e. The molecule has 0 spiro atoms. The van der Waals surface area contributed by atoms with Crippen molar-refractivity contribution in [3.05, 3.63) is 35.7 Å². The van der Waals surface area contributed by atoms with Crippen LogP contribution in [0.25, 0.3) is 11.3 Å². The minimum atomic E-state index is -0.0214. The van der Waals surface area contributed by atoms with E-state index in [2.05, 4.69) is 65.8 Å². The van der Waals surface area contributed by atoms with E-state index in [1.807, 2.05) is 11.6 Å². The van der Waals surface area contributed by atoms with Crippen LogP contribution in [0.5, 0.6) is 0 Å². The molecule has 0 atom stereocenters. The Morgan fingerprint density at radius 1 is 0.905 bits per heavy atom. The van der Waals surface area contributed by atoms with Crippen molar-refractivity contribution < 1.29 is 0 Å². The Morgan fingerprint density at radius 2 is 1.43 bits per heavy atom. The quantitative estimate of drug-likeness (QED) is 0.850. The third kappa shape index (κ3) is 2.97. The van der Waals surface area contributed by atoms with E-state index in [4.69, 9.17) is 10.7 Å². The average Bonchev–Trinajstić information content (AvgIpc) is 2.65. The first-order valence-electron chi connectivity index (χ1n) is 7.45. The Balaban J connectivity index is 2.48. The standard InChI is InChI=1S/C18H27N3/c1-17(2,3)13-10-8-12(9-11-13)14-15(19)21(7)16(20-14)18(4,5)6/h8-11H,19H2,1-7H3.